The summed E-state index contributed by atoms with van der Waals surface area (Å²) in [7, 11) is 0. The number of hydrogen-bond acceptors (Lipinski definition) is 5. The first-order valence-electron chi connectivity index (χ1n) is 8.32. The molecule has 0 aromatic heterocycles. The Morgan fingerprint density at radius 2 is 1.83 bits per heavy atom. The smallest absolute Gasteiger partial charge is 0.293 e. The molecule has 1 aromatic rings. The van der Waals surface area contributed by atoms with Crippen molar-refractivity contribution in [2.24, 2.45) is 0 Å². The molecule has 0 spiro atoms. The van der Waals surface area contributed by atoms with Crippen molar-refractivity contribution < 1.29 is 14.3 Å². The van der Waals surface area contributed by atoms with E-state index in [4.69, 9.17) is 4.74 Å². The van der Waals surface area contributed by atoms with Crippen molar-refractivity contribution in [2.75, 3.05) is 39.4 Å². The van der Waals surface area contributed by atoms with Gasteiger partial charge in [-0.2, -0.15) is 0 Å². The second kappa shape index (κ2) is 8.46. The molecule has 0 unspecified atom stereocenters. The molecule has 3 rings (SSSR count). The lowest BCUT2D eigenvalue weighted by Gasteiger charge is -2.27. The average Bonchev–Trinajstić information content (AvgIpc) is 2.89. The Bertz CT molecular complexity index is 612. The molecule has 24 heavy (non-hydrogen) atoms. The maximum atomic E-state index is 12.4. The molecule has 0 saturated carbocycles. The number of benzene rings is 1. The summed E-state index contributed by atoms with van der Waals surface area (Å²) < 4.78 is 5.31. The minimum Gasteiger partial charge on any atom is -0.379 e. The second-order valence-corrected chi connectivity index (χ2v) is 6.86. The predicted octanol–water partition coefficient (Wildman–Crippen LogP) is 2.53. The molecule has 2 aliphatic rings. The van der Waals surface area contributed by atoms with Crippen LogP contribution in [-0.4, -0.2) is 60.3 Å². The summed E-state index contributed by atoms with van der Waals surface area (Å²) in [5.74, 6) is -0.147. The zero-order valence-corrected chi connectivity index (χ0v) is 14.5. The maximum absolute atomic E-state index is 12.4. The molecule has 2 aliphatic heterocycles. The average molecular weight is 346 g/mol. The van der Waals surface area contributed by atoms with Crippen molar-refractivity contribution in [1.82, 2.24) is 9.80 Å². The van der Waals surface area contributed by atoms with Gasteiger partial charge in [0.25, 0.3) is 11.1 Å². The molecule has 2 saturated heterocycles. The number of thioether (sulfide) groups is 1. The third kappa shape index (κ3) is 4.47. The highest BCUT2D eigenvalue weighted by atomic mass is 32.2. The molecular formula is C18H22N2O3S. The number of rotatable bonds is 6. The van der Waals surface area contributed by atoms with E-state index in [-0.39, 0.29) is 11.1 Å². The summed E-state index contributed by atoms with van der Waals surface area (Å²) in [4.78, 5) is 28.7. The topological polar surface area (TPSA) is 49.9 Å². The zero-order chi connectivity index (χ0) is 16.8. The maximum Gasteiger partial charge on any atom is 0.293 e. The quantitative estimate of drug-likeness (QED) is 0.741. The van der Waals surface area contributed by atoms with Crippen molar-refractivity contribution >= 4 is 22.9 Å². The minimum absolute atomic E-state index is 0.147. The number of nitrogens with zero attached hydrogens (tertiary/aromatic N) is 2. The number of imide groups is 1. The number of carbonyl (C=O) groups excluding carboxylic acids is 2. The monoisotopic (exact) mass is 346 g/mol. The van der Waals surface area contributed by atoms with Crippen molar-refractivity contribution in [3.05, 3.63) is 46.9 Å². The summed E-state index contributed by atoms with van der Waals surface area (Å²) in [5, 5.41) is -0.153. The van der Waals surface area contributed by atoms with Crippen LogP contribution in [0.4, 0.5) is 4.79 Å². The van der Waals surface area contributed by atoms with Gasteiger partial charge >= 0.3 is 0 Å². The number of allylic oxidation sites excluding steroid dienone is 1. The van der Waals surface area contributed by atoms with Gasteiger partial charge in [-0.1, -0.05) is 36.4 Å². The number of aryl methyl sites for hydroxylation is 1. The van der Waals surface area contributed by atoms with Crippen LogP contribution in [0.3, 0.4) is 0 Å². The fourth-order valence-electron chi connectivity index (χ4n) is 2.81. The molecule has 2 amide bonds. The SMILES string of the molecule is O=C1S/C(=C\CCc2ccccc2)C(=O)N1CCN1CCOCC1. The van der Waals surface area contributed by atoms with Crippen LogP contribution in [0, 0.1) is 0 Å². The minimum atomic E-state index is -0.153. The summed E-state index contributed by atoms with van der Waals surface area (Å²) in [5.41, 5.74) is 1.24. The molecule has 5 nitrogen and oxygen atoms in total. The van der Waals surface area contributed by atoms with E-state index in [9.17, 15) is 9.59 Å². The van der Waals surface area contributed by atoms with Crippen LogP contribution < -0.4 is 0 Å². The first kappa shape index (κ1) is 17.2. The van der Waals surface area contributed by atoms with Crippen LogP contribution in [-0.2, 0) is 16.0 Å². The van der Waals surface area contributed by atoms with Crippen LogP contribution in [0.15, 0.2) is 41.3 Å². The van der Waals surface area contributed by atoms with E-state index in [0.717, 1.165) is 57.5 Å². The highest BCUT2D eigenvalue weighted by Gasteiger charge is 2.34. The van der Waals surface area contributed by atoms with Gasteiger partial charge in [0.05, 0.1) is 18.1 Å². The summed E-state index contributed by atoms with van der Waals surface area (Å²) >= 11 is 1.06. The van der Waals surface area contributed by atoms with Gasteiger partial charge in [0.15, 0.2) is 0 Å². The van der Waals surface area contributed by atoms with Gasteiger partial charge < -0.3 is 4.74 Å². The molecule has 0 radical (unpaired) electrons. The molecular weight excluding hydrogens is 324 g/mol. The Balaban J connectivity index is 1.50. The Morgan fingerprint density at radius 3 is 2.58 bits per heavy atom. The van der Waals surface area contributed by atoms with E-state index in [1.54, 1.807) is 0 Å². The number of hydrogen-bond donors (Lipinski definition) is 0. The fourth-order valence-corrected chi connectivity index (χ4v) is 3.68. The molecule has 2 fully saturated rings. The normalized spacial score (nSPS) is 21.0. The van der Waals surface area contributed by atoms with Crippen LogP contribution >= 0.6 is 11.8 Å². The molecule has 1 aromatic carbocycles. The second-order valence-electron chi connectivity index (χ2n) is 5.87. The third-order valence-electron chi connectivity index (χ3n) is 4.22. The first-order valence-corrected chi connectivity index (χ1v) is 9.13. The van der Waals surface area contributed by atoms with Gasteiger partial charge in [0.1, 0.15) is 0 Å². The van der Waals surface area contributed by atoms with Crippen molar-refractivity contribution in [2.45, 2.75) is 12.8 Å². The lowest BCUT2D eigenvalue weighted by atomic mass is 10.1. The summed E-state index contributed by atoms with van der Waals surface area (Å²) in [6, 6.07) is 10.1. The fraction of sp³-hybridized carbons (Fsp3) is 0.444. The van der Waals surface area contributed by atoms with Crippen molar-refractivity contribution in [3.63, 3.8) is 0 Å². The van der Waals surface area contributed by atoms with E-state index in [2.05, 4.69) is 17.0 Å². The lowest BCUT2D eigenvalue weighted by molar-refractivity contribution is -0.123. The van der Waals surface area contributed by atoms with Crippen LogP contribution in [0.25, 0.3) is 0 Å². The van der Waals surface area contributed by atoms with Crippen LogP contribution in [0.2, 0.25) is 0 Å². The van der Waals surface area contributed by atoms with Gasteiger partial charge in [-0.05, 0) is 30.2 Å². The zero-order valence-electron chi connectivity index (χ0n) is 13.6. The first-order chi connectivity index (χ1) is 11.7. The Kier molecular flexibility index (Phi) is 6.07. The number of carbonyl (C=O) groups is 2. The Labute approximate surface area is 146 Å². The lowest BCUT2D eigenvalue weighted by Crippen LogP contribution is -2.42. The van der Waals surface area contributed by atoms with E-state index in [1.165, 1.54) is 10.5 Å². The molecule has 0 bridgehead atoms. The highest BCUT2D eigenvalue weighted by Crippen LogP contribution is 2.30. The van der Waals surface area contributed by atoms with Gasteiger partial charge in [-0.25, -0.2) is 0 Å². The molecule has 0 aliphatic carbocycles. The number of morpholine rings is 1. The number of ether oxygens (including phenoxy) is 1. The van der Waals surface area contributed by atoms with Gasteiger partial charge in [-0.3, -0.25) is 19.4 Å². The molecule has 0 atom stereocenters. The Hall–Kier alpha value is -1.63. The highest BCUT2D eigenvalue weighted by molar-refractivity contribution is 8.18. The Morgan fingerprint density at radius 1 is 1.08 bits per heavy atom. The molecule has 128 valence electrons. The van der Waals surface area contributed by atoms with Crippen molar-refractivity contribution in [1.29, 1.82) is 0 Å². The molecule has 6 heteroatoms. The van der Waals surface area contributed by atoms with Gasteiger partial charge in [0.2, 0.25) is 0 Å². The van der Waals surface area contributed by atoms with Crippen LogP contribution in [0.5, 0.6) is 0 Å². The van der Waals surface area contributed by atoms with E-state index in [1.807, 2.05) is 24.3 Å². The van der Waals surface area contributed by atoms with E-state index in [0.29, 0.717) is 11.4 Å². The van der Waals surface area contributed by atoms with Crippen LogP contribution in [0.1, 0.15) is 12.0 Å². The largest absolute Gasteiger partial charge is 0.379 e. The summed E-state index contributed by atoms with van der Waals surface area (Å²) in [6.07, 6.45) is 3.54. The molecule has 0 N–H and O–H groups in total. The molecule has 2 heterocycles. The van der Waals surface area contributed by atoms with Crippen molar-refractivity contribution in [3.8, 4) is 0 Å². The van der Waals surface area contributed by atoms with E-state index < -0.39 is 0 Å². The van der Waals surface area contributed by atoms with Gasteiger partial charge in [-0.15, -0.1) is 0 Å². The predicted molar refractivity (Wildman–Crippen MR) is 94.8 cm³/mol. The summed E-state index contributed by atoms with van der Waals surface area (Å²) in [6.45, 7) is 4.36. The van der Waals surface area contributed by atoms with Gasteiger partial charge in [0, 0.05) is 26.2 Å². The van der Waals surface area contributed by atoms with E-state index >= 15 is 0 Å². The number of amides is 2. The standard InChI is InChI=1S/C18H22N2O3S/c21-17-16(8-4-7-15-5-2-1-3-6-15)24-18(22)20(17)10-9-19-11-13-23-14-12-19/h1-3,5-6,8H,4,7,9-14H2/b16-8-. The third-order valence-corrected chi connectivity index (χ3v) is 5.18.